The quantitative estimate of drug-likeness (QED) is 0.815. The molecule has 0 radical (unpaired) electrons. The Bertz CT molecular complexity index is 352. The Morgan fingerprint density at radius 2 is 1.71 bits per heavy atom. The fraction of sp³-hybridized carbons (Fsp3) is 0.941. The molecule has 2 rings (SSSR count). The highest BCUT2D eigenvalue weighted by Gasteiger charge is 2.45. The summed E-state index contributed by atoms with van der Waals surface area (Å²) in [7, 11) is 6.33. The smallest absolute Gasteiger partial charge is 0.228 e. The zero-order valence-corrected chi connectivity index (χ0v) is 14.4. The van der Waals surface area contributed by atoms with Gasteiger partial charge in [0.05, 0.1) is 5.41 Å². The minimum atomic E-state index is -0.105. The minimum absolute atomic E-state index is 0.105. The summed E-state index contributed by atoms with van der Waals surface area (Å²) in [5.41, 5.74) is 0.122. The summed E-state index contributed by atoms with van der Waals surface area (Å²) in [5, 5.41) is 3.40. The van der Waals surface area contributed by atoms with Gasteiger partial charge in [-0.3, -0.25) is 4.79 Å². The number of carbonyl (C=O) groups excluding carboxylic acids is 1. The molecule has 1 aliphatic heterocycles. The summed E-state index contributed by atoms with van der Waals surface area (Å²) in [4.78, 5) is 17.5. The molecule has 1 N–H and O–H groups in total. The van der Waals surface area contributed by atoms with Gasteiger partial charge in [0.1, 0.15) is 0 Å². The summed E-state index contributed by atoms with van der Waals surface area (Å²) in [5.74, 6) is 0.388. The molecule has 1 aliphatic carbocycles. The van der Waals surface area contributed by atoms with Crippen LogP contribution in [0.1, 0.15) is 51.9 Å². The number of hydrogen-bond donors (Lipinski definition) is 1. The van der Waals surface area contributed by atoms with Crippen molar-refractivity contribution < 1.29 is 4.79 Å². The molecule has 4 heteroatoms. The average molecular weight is 295 g/mol. The maximum absolute atomic E-state index is 13.1. The molecule has 1 saturated heterocycles. The van der Waals surface area contributed by atoms with Crippen molar-refractivity contribution in [1.82, 2.24) is 15.1 Å². The van der Waals surface area contributed by atoms with E-state index in [0.717, 1.165) is 45.3 Å². The molecule has 0 aromatic carbocycles. The zero-order valence-electron chi connectivity index (χ0n) is 14.4. The number of carbonyl (C=O) groups is 1. The third-order valence-corrected chi connectivity index (χ3v) is 5.85. The lowest BCUT2D eigenvalue weighted by atomic mass is 9.72. The van der Waals surface area contributed by atoms with Gasteiger partial charge in [-0.15, -0.1) is 0 Å². The van der Waals surface area contributed by atoms with Crippen molar-refractivity contribution in [3.8, 4) is 0 Å². The summed E-state index contributed by atoms with van der Waals surface area (Å²) in [6.07, 6.45) is 7.87. The van der Waals surface area contributed by atoms with Crippen molar-refractivity contribution in [2.45, 2.75) is 57.4 Å². The minimum Gasteiger partial charge on any atom is -0.343 e. The number of amides is 1. The Morgan fingerprint density at radius 3 is 2.14 bits per heavy atom. The third-order valence-electron chi connectivity index (χ3n) is 5.85. The Labute approximate surface area is 130 Å². The van der Waals surface area contributed by atoms with Crippen molar-refractivity contribution in [3.05, 3.63) is 0 Å². The van der Waals surface area contributed by atoms with E-state index in [9.17, 15) is 4.79 Å². The van der Waals surface area contributed by atoms with Crippen LogP contribution < -0.4 is 5.32 Å². The predicted molar refractivity (Wildman–Crippen MR) is 87.4 cm³/mol. The molecule has 0 aromatic rings. The van der Waals surface area contributed by atoms with Crippen LogP contribution in [0.25, 0.3) is 0 Å². The van der Waals surface area contributed by atoms with Gasteiger partial charge in [0.15, 0.2) is 0 Å². The van der Waals surface area contributed by atoms with Crippen molar-refractivity contribution >= 4 is 5.91 Å². The number of piperidine rings is 1. The van der Waals surface area contributed by atoms with Gasteiger partial charge < -0.3 is 15.1 Å². The summed E-state index contributed by atoms with van der Waals surface area (Å²) < 4.78 is 0. The first kappa shape index (κ1) is 16.8. The van der Waals surface area contributed by atoms with Gasteiger partial charge in [0, 0.05) is 19.1 Å². The molecule has 0 atom stereocenters. The van der Waals surface area contributed by atoms with Crippen molar-refractivity contribution in [1.29, 1.82) is 0 Å². The Kier molecular flexibility index (Phi) is 5.31. The summed E-state index contributed by atoms with van der Waals surface area (Å²) >= 11 is 0. The van der Waals surface area contributed by atoms with Gasteiger partial charge in [-0.1, -0.05) is 13.3 Å². The molecule has 0 unspecified atom stereocenters. The molecule has 1 amide bonds. The topological polar surface area (TPSA) is 35.6 Å². The molecule has 122 valence electrons. The van der Waals surface area contributed by atoms with E-state index in [-0.39, 0.29) is 11.0 Å². The third kappa shape index (κ3) is 3.26. The van der Waals surface area contributed by atoms with Gasteiger partial charge in [-0.2, -0.15) is 0 Å². The van der Waals surface area contributed by atoms with E-state index in [1.54, 1.807) is 0 Å². The number of rotatable bonds is 6. The number of likely N-dealkylation sites (N-methyl/N-ethyl adjacent to an activating group) is 2. The Morgan fingerprint density at radius 1 is 1.10 bits per heavy atom. The largest absolute Gasteiger partial charge is 0.343 e. The second-order valence-electron chi connectivity index (χ2n) is 7.41. The van der Waals surface area contributed by atoms with Crippen LogP contribution in [0.15, 0.2) is 0 Å². The lowest BCUT2D eigenvalue weighted by molar-refractivity contribution is -0.145. The molecule has 0 spiro atoms. The van der Waals surface area contributed by atoms with E-state index in [2.05, 4.69) is 31.2 Å². The van der Waals surface area contributed by atoms with Gasteiger partial charge in [0.25, 0.3) is 0 Å². The standard InChI is InChI=1S/C17H33N3O/c1-5-7-16(10-12-18-13-11-16)15(21)20(4)14-17(19(2)3)8-6-9-17/h18H,5-14H2,1-4H3. The van der Waals surface area contributed by atoms with E-state index in [4.69, 9.17) is 0 Å². The highest BCUT2D eigenvalue weighted by molar-refractivity contribution is 5.82. The van der Waals surface area contributed by atoms with Gasteiger partial charge in [-0.25, -0.2) is 0 Å². The molecular formula is C17H33N3O. The first-order valence-electron chi connectivity index (χ1n) is 8.59. The normalized spacial score (nSPS) is 23.7. The molecule has 1 heterocycles. The van der Waals surface area contributed by atoms with Crippen LogP contribution in [-0.4, -0.2) is 62.0 Å². The maximum atomic E-state index is 13.1. The van der Waals surface area contributed by atoms with Crippen LogP contribution in [0.2, 0.25) is 0 Å². The van der Waals surface area contributed by atoms with E-state index in [1.165, 1.54) is 19.3 Å². The van der Waals surface area contributed by atoms with Crippen LogP contribution >= 0.6 is 0 Å². The Hall–Kier alpha value is -0.610. The first-order valence-corrected chi connectivity index (χ1v) is 8.59. The molecule has 2 aliphatic rings. The number of nitrogens with zero attached hydrogens (tertiary/aromatic N) is 2. The maximum Gasteiger partial charge on any atom is 0.228 e. The van der Waals surface area contributed by atoms with E-state index < -0.39 is 0 Å². The SMILES string of the molecule is CCCC1(C(=O)N(C)CC2(N(C)C)CCC2)CCNCC1. The van der Waals surface area contributed by atoms with E-state index in [1.807, 2.05) is 11.9 Å². The first-order chi connectivity index (χ1) is 9.96. The average Bonchev–Trinajstić information content (AvgIpc) is 2.42. The van der Waals surface area contributed by atoms with E-state index in [0.29, 0.717) is 5.91 Å². The fourth-order valence-corrected chi connectivity index (χ4v) is 4.20. The van der Waals surface area contributed by atoms with Crippen molar-refractivity contribution in [3.63, 3.8) is 0 Å². The molecule has 21 heavy (non-hydrogen) atoms. The van der Waals surface area contributed by atoms with Gasteiger partial charge >= 0.3 is 0 Å². The molecule has 4 nitrogen and oxygen atoms in total. The highest BCUT2D eigenvalue weighted by Crippen LogP contribution is 2.40. The number of nitrogens with one attached hydrogen (secondary N) is 1. The summed E-state index contributed by atoms with van der Waals surface area (Å²) in [6.45, 7) is 5.05. The van der Waals surface area contributed by atoms with Crippen LogP contribution in [0, 0.1) is 5.41 Å². The monoisotopic (exact) mass is 295 g/mol. The molecule has 2 fully saturated rings. The Balaban J connectivity index is 2.05. The summed E-state index contributed by atoms with van der Waals surface area (Å²) in [6, 6.07) is 0. The van der Waals surface area contributed by atoms with Crippen molar-refractivity contribution in [2.75, 3.05) is 40.8 Å². The molecule has 0 aromatic heterocycles. The van der Waals surface area contributed by atoms with Crippen LogP contribution in [-0.2, 0) is 4.79 Å². The lowest BCUT2D eigenvalue weighted by Crippen LogP contribution is -2.59. The zero-order chi connectivity index (χ0) is 15.5. The van der Waals surface area contributed by atoms with Crippen LogP contribution in [0.4, 0.5) is 0 Å². The molecule has 1 saturated carbocycles. The van der Waals surface area contributed by atoms with Gasteiger partial charge in [0.2, 0.25) is 5.91 Å². The van der Waals surface area contributed by atoms with Gasteiger partial charge in [-0.05, 0) is 65.7 Å². The van der Waals surface area contributed by atoms with Crippen molar-refractivity contribution in [2.24, 2.45) is 5.41 Å². The molecule has 0 bridgehead atoms. The number of hydrogen-bond acceptors (Lipinski definition) is 3. The fourth-order valence-electron chi connectivity index (χ4n) is 4.20. The van der Waals surface area contributed by atoms with E-state index >= 15 is 0 Å². The lowest BCUT2D eigenvalue weighted by Gasteiger charge is -2.50. The highest BCUT2D eigenvalue weighted by atomic mass is 16.2. The second kappa shape index (κ2) is 6.66. The van der Waals surface area contributed by atoms with Crippen LogP contribution in [0.5, 0.6) is 0 Å². The predicted octanol–water partition coefficient (Wildman–Crippen LogP) is 2.10. The molecular weight excluding hydrogens is 262 g/mol. The van der Waals surface area contributed by atoms with Crippen LogP contribution in [0.3, 0.4) is 0 Å². The second-order valence-corrected chi connectivity index (χ2v) is 7.41.